The average molecular weight is 337 g/mol. The Bertz CT molecular complexity index is 949. The largest absolute Gasteiger partial charge is 0.378 e. The summed E-state index contributed by atoms with van der Waals surface area (Å²) in [5.74, 6) is -0.232. The van der Waals surface area contributed by atoms with Crippen molar-refractivity contribution in [1.82, 2.24) is 4.57 Å². The van der Waals surface area contributed by atoms with Crippen molar-refractivity contribution in [3.05, 3.63) is 71.6 Å². The Morgan fingerprint density at radius 3 is 2.58 bits per heavy atom. The molecule has 0 saturated carbocycles. The molecule has 0 bridgehead atoms. The zero-order valence-corrected chi connectivity index (χ0v) is 14.6. The zero-order chi connectivity index (χ0) is 17.1. The van der Waals surface area contributed by atoms with E-state index in [-0.39, 0.29) is 5.91 Å². The molecule has 0 radical (unpaired) electrons. The summed E-state index contributed by atoms with van der Waals surface area (Å²) in [5.41, 5.74) is 2.70. The van der Waals surface area contributed by atoms with Crippen molar-refractivity contribution < 1.29 is 4.79 Å². The number of thiazole rings is 1. The van der Waals surface area contributed by atoms with Gasteiger partial charge in [0.2, 0.25) is 0 Å². The molecule has 122 valence electrons. The number of allylic oxidation sites excluding steroid dienone is 1. The summed E-state index contributed by atoms with van der Waals surface area (Å²) < 4.78 is 3.12. The van der Waals surface area contributed by atoms with Crippen molar-refractivity contribution in [2.24, 2.45) is 4.99 Å². The molecule has 24 heavy (non-hydrogen) atoms. The fourth-order valence-corrected chi connectivity index (χ4v) is 3.50. The Morgan fingerprint density at radius 2 is 1.92 bits per heavy atom. The van der Waals surface area contributed by atoms with Crippen LogP contribution < -0.4 is 9.70 Å². The second-order valence-electron chi connectivity index (χ2n) is 5.61. The molecule has 0 fully saturated rings. The number of para-hydroxylation sites is 1. The molecule has 0 atom stereocenters. The van der Waals surface area contributed by atoms with E-state index in [1.54, 1.807) is 0 Å². The lowest BCUT2D eigenvalue weighted by atomic mass is 10.2. The van der Waals surface area contributed by atoms with Crippen LogP contribution in [0.4, 0.5) is 5.69 Å². The van der Waals surface area contributed by atoms with Gasteiger partial charge in [-0.15, -0.1) is 6.58 Å². The lowest BCUT2D eigenvalue weighted by Crippen LogP contribution is -2.16. The Labute approximate surface area is 145 Å². The Kier molecular flexibility index (Phi) is 4.62. The van der Waals surface area contributed by atoms with Gasteiger partial charge in [-0.05, 0) is 36.4 Å². The van der Waals surface area contributed by atoms with Crippen molar-refractivity contribution in [3.8, 4) is 0 Å². The van der Waals surface area contributed by atoms with Crippen LogP contribution in [0.15, 0.2) is 66.2 Å². The number of carbonyl (C=O) groups is 1. The second-order valence-corrected chi connectivity index (χ2v) is 6.62. The predicted octanol–water partition coefficient (Wildman–Crippen LogP) is 3.70. The summed E-state index contributed by atoms with van der Waals surface area (Å²) in [5, 5.41) is 0. The van der Waals surface area contributed by atoms with E-state index < -0.39 is 0 Å². The molecule has 0 spiro atoms. The van der Waals surface area contributed by atoms with Gasteiger partial charge in [0.15, 0.2) is 4.80 Å². The Morgan fingerprint density at radius 1 is 1.21 bits per heavy atom. The third-order valence-electron chi connectivity index (χ3n) is 3.73. The topological polar surface area (TPSA) is 37.6 Å². The minimum absolute atomic E-state index is 0.232. The van der Waals surface area contributed by atoms with Crippen LogP contribution in [0, 0.1) is 0 Å². The van der Waals surface area contributed by atoms with E-state index in [0.717, 1.165) is 15.9 Å². The highest BCUT2D eigenvalue weighted by molar-refractivity contribution is 7.16. The summed E-state index contributed by atoms with van der Waals surface area (Å²) in [6.07, 6.45) is 1.81. The van der Waals surface area contributed by atoms with E-state index in [9.17, 15) is 4.79 Å². The number of carbonyl (C=O) groups excluding carboxylic acids is 1. The van der Waals surface area contributed by atoms with Crippen LogP contribution in [0.25, 0.3) is 10.2 Å². The molecular formula is C19H19N3OS. The second kappa shape index (κ2) is 6.84. The van der Waals surface area contributed by atoms with Gasteiger partial charge in [0.05, 0.1) is 10.2 Å². The van der Waals surface area contributed by atoms with E-state index in [2.05, 4.69) is 11.6 Å². The van der Waals surface area contributed by atoms with E-state index in [1.807, 2.05) is 78.2 Å². The number of hydrogen-bond donors (Lipinski definition) is 0. The Hall–Kier alpha value is -2.66. The molecule has 1 amide bonds. The molecule has 0 unspecified atom stereocenters. The quantitative estimate of drug-likeness (QED) is 0.681. The van der Waals surface area contributed by atoms with E-state index in [0.29, 0.717) is 16.9 Å². The molecular weight excluding hydrogens is 318 g/mol. The van der Waals surface area contributed by atoms with Crippen molar-refractivity contribution >= 4 is 33.1 Å². The van der Waals surface area contributed by atoms with Crippen molar-refractivity contribution in [2.45, 2.75) is 6.54 Å². The van der Waals surface area contributed by atoms with Crippen LogP contribution in [0.3, 0.4) is 0 Å². The normalized spacial score (nSPS) is 11.7. The standard InChI is InChI=1S/C19H19N3OS/c1-4-13-22-16-7-5-6-8-17(16)24-19(22)20-18(23)14-9-11-15(12-10-14)21(2)3/h4-12H,1,13H2,2-3H3. The van der Waals surface area contributed by atoms with Gasteiger partial charge in [-0.1, -0.05) is 29.5 Å². The maximum atomic E-state index is 12.5. The first kappa shape index (κ1) is 16.2. The molecule has 5 heteroatoms. The van der Waals surface area contributed by atoms with Crippen molar-refractivity contribution in [2.75, 3.05) is 19.0 Å². The maximum Gasteiger partial charge on any atom is 0.279 e. The number of rotatable bonds is 4. The minimum atomic E-state index is -0.232. The number of aromatic nitrogens is 1. The molecule has 0 aliphatic heterocycles. The summed E-state index contributed by atoms with van der Waals surface area (Å²) in [6.45, 7) is 4.42. The number of fused-ring (bicyclic) bond motifs is 1. The van der Waals surface area contributed by atoms with Gasteiger partial charge in [0, 0.05) is 31.9 Å². The predicted molar refractivity (Wildman–Crippen MR) is 101 cm³/mol. The average Bonchev–Trinajstić information content (AvgIpc) is 2.93. The number of nitrogens with zero attached hydrogens (tertiary/aromatic N) is 3. The highest BCUT2D eigenvalue weighted by Crippen LogP contribution is 2.17. The molecule has 0 N–H and O–H groups in total. The van der Waals surface area contributed by atoms with Crippen LogP contribution in [0.5, 0.6) is 0 Å². The van der Waals surface area contributed by atoms with E-state index >= 15 is 0 Å². The third-order valence-corrected chi connectivity index (χ3v) is 4.79. The minimum Gasteiger partial charge on any atom is -0.378 e. The molecule has 3 rings (SSSR count). The smallest absolute Gasteiger partial charge is 0.279 e. The number of hydrogen-bond acceptors (Lipinski definition) is 3. The summed E-state index contributed by atoms with van der Waals surface area (Å²) in [7, 11) is 3.94. The number of anilines is 1. The summed E-state index contributed by atoms with van der Waals surface area (Å²) in [4.78, 5) is 19.5. The maximum absolute atomic E-state index is 12.5. The molecule has 3 aromatic rings. The van der Waals surface area contributed by atoms with Gasteiger partial charge in [0.1, 0.15) is 0 Å². The zero-order valence-electron chi connectivity index (χ0n) is 13.8. The van der Waals surface area contributed by atoms with Gasteiger partial charge < -0.3 is 9.47 Å². The fourth-order valence-electron chi connectivity index (χ4n) is 2.47. The van der Waals surface area contributed by atoms with Crippen LogP contribution in [-0.4, -0.2) is 24.6 Å². The molecule has 1 heterocycles. The lowest BCUT2D eigenvalue weighted by Gasteiger charge is -2.11. The van der Waals surface area contributed by atoms with Crippen LogP contribution in [-0.2, 0) is 6.54 Å². The molecule has 1 aromatic heterocycles. The van der Waals surface area contributed by atoms with Crippen LogP contribution >= 0.6 is 11.3 Å². The lowest BCUT2D eigenvalue weighted by molar-refractivity contribution is 0.0998. The third kappa shape index (κ3) is 3.16. The van der Waals surface area contributed by atoms with Gasteiger partial charge in [-0.3, -0.25) is 4.79 Å². The fraction of sp³-hybridized carbons (Fsp3) is 0.158. The highest BCUT2D eigenvalue weighted by atomic mass is 32.1. The van der Waals surface area contributed by atoms with Gasteiger partial charge in [0.25, 0.3) is 5.91 Å². The van der Waals surface area contributed by atoms with Gasteiger partial charge in [-0.2, -0.15) is 4.99 Å². The first-order valence-electron chi connectivity index (χ1n) is 7.66. The molecule has 0 aliphatic carbocycles. The first-order valence-corrected chi connectivity index (χ1v) is 8.47. The number of benzene rings is 2. The summed E-state index contributed by atoms with van der Waals surface area (Å²) >= 11 is 1.51. The van der Waals surface area contributed by atoms with E-state index in [1.165, 1.54) is 11.3 Å². The molecule has 0 saturated heterocycles. The molecule has 0 aliphatic rings. The molecule has 2 aromatic carbocycles. The Balaban J connectivity index is 2.04. The van der Waals surface area contributed by atoms with Crippen LogP contribution in [0.1, 0.15) is 10.4 Å². The monoisotopic (exact) mass is 337 g/mol. The van der Waals surface area contributed by atoms with Gasteiger partial charge in [-0.25, -0.2) is 0 Å². The SMILES string of the molecule is C=CCn1c(=NC(=O)c2ccc(N(C)C)cc2)sc2ccccc21. The van der Waals surface area contributed by atoms with Gasteiger partial charge >= 0.3 is 0 Å². The molecule has 4 nitrogen and oxygen atoms in total. The van der Waals surface area contributed by atoms with E-state index in [4.69, 9.17) is 0 Å². The number of amides is 1. The van der Waals surface area contributed by atoms with Crippen LogP contribution in [0.2, 0.25) is 0 Å². The first-order chi connectivity index (χ1) is 11.6. The van der Waals surface area contributed by atoms with Crippen molar-refractivity contribution in [1.29, 1.82) is 0 Å². The van der Waals surface area contributed by atoms with Crippen molar-refractivity contribution in [3.63, 3.8) is 0 Å². The highest BCUT2D eigenvalue weighted by Gasteiger charge is 2.08. The summed E-state index contributed by atoms with van der Waals surface area (Å²) in [6, 6.07) is 15.5.